The van der Waals surface area contributed by atoms with Gasteiger partial charge in [-0.2, -0.15) is 13.2 Å². The first-order chi connectivity index (χ1) is 10.4. The van der Waals surface area contributed by atoms with Crippen LogP contribution in [-0.2, 0) is 0 Å². The summed E-state index contributed by atoms with van der Waals surface area (Å²) in [5.74, 6) is -0.0532. The van der Waals surface area contributed by atoms with Gasteiger partial charge in [0, 0.05) is 19.3 Å². The second-order valence-electron chi connectivity index (χ2n) is 5.57. The van der Waals surface area contributed by atoms with Gasteiger partial charge >= 0.3 is 6.18 Å². The van der Waals surface area contributed by atoms with Gasteiger partial charge in [-0.3, -0.25) is 9.20 Å². The summed E-state index contributed by atoms with van der Waals surface area (Å²) in [6, 6.07) is 3.19. The van der Waals surface area contributed by atoms with E-state index in [0.29, 0.717) is 23.7 Å². The van der Waals surface area contributed by atoms with Crippen molar-refractivity contribution < 1.29 is 18.0 Å². The molecule has 0 atom stereocenters. The van der Waals surface area contributed by atoms with Crippen molar-refractivity contribution in [2.75, 3.05) is 13.1 Å². The standard InChI is InChI=1S/C14H15F3N4O/c15-14(16,17)5-6-20(7-10-1-2-10)13(22)11-3-4-12-19-18-9-21(12)8-11/h3-4,8-10H,1-2,5-7H2. The molecular formula is C14H15F3N4O. The van der Waals surface area contributed by atoms with Crippen LogP contribution in [0.3, 0.4) is 0 Å². The summed E-state index contributed by atoms with van der Waals surface area (Å²) in [5, 5.41) is 7.54. The number of pyridine rings is 1. The van der Waals surface area contributed by atoms with Gasteiger partial charge in [0.1, 0.15) is 6.33 Å². The number of hydrogen-bond acceptors (Lipinski definition) is 3. The first-order valence-corrected chi connectivity index (χ1v) is 7.08. The van der Waals surface area contributed by atoms with E-state index < -0.39 is 12.6 Å². The van der Waals surface area contributed by atoms with Crippen LogP contribution in [0.25, 0.3) is 5.65 Å². The van der Waals surface area contributed by atoms with Gasteiger partial charge in [-0.25, -0.2) is 0 Å². The van der Waals surface area contributed by atoms with Crippen LogP contribution in [0.4, 0.5) is 13.2 Å². The zero-order valence-electron chi connectivity index (χ0n) is 11.8. The van der Waals surface area contributed by atoms with Crippen LogP contribution in [-0.4, -0.2) is 44.7 Å². The Hall–Kier alpha value is -2.12. The summed E-state index contributed by atoms with van der Waals surface area (Å²) in [4.78, 5) is 13.8. The number of rotatable bonds is 5. The third-order valence-electron chi connectivity index (χ3n) is 3.67. The average Bonchev–Trinajstić information content (AvgIpc) is 3.15. The van der Waals surface area contributed by atoms with E-state index in [1.807, 2.05) is 0 Å². The van der Waals surface area contributed by atoms with Gasteiger partial charge in [-0.05, 0) is 30.9 Å². The molecule has 1 aliphatic rings. The number of nitrogens with zero attached hydrogens (tertiary/aromatic N) is 4. The molecular weight excluding hydrogens is 297 g/mol. The zero-order chi connectivity index (χ0) is 15.7. The Bertz CT molecular complexity index is 678. The lowest BCUT2D eigenvalue weighted by molar-refractivity contribution is -0.136. The summed E-state index contributed by atoms with van der Waals surface area (Å²) in [7, 11) is 0. The molecule has 2 aromatic heterocycles. The van der Waals surface area contributed by atoms with Gasteiger partial charge in [0.2, 0.25) is 0 Å². The molecule has 2 aromatic rings. The molecule has 22 heavy (non-hydrogen) atoms. The van der Waals surface area contributed by atoms with Crippen molar-refractivity contribution in [2.24, 2.45) is 5.92 Å². The van der Waals surface area contributed by atoms with Crippen molar-refractivity contribution in [2.45, 2.75) is 25.4 Å². The topological polar surface area (TPSA) is 50.5 Å². The maximum atomic E-state index is 12.5. The number of carbonyl (C=O) groups excluding carboxylic acids is 1. The zero-order valence-corrected chi connectivity index (χ0v) is 11.8. The summed E-state index contributed by atoms with van der Waals surface area (Å²) in [6.07, 6.45) is -0.306. The van der Waals surface area contributed by atoms with Crippen LogP contribution in [0.1, 0.15) is 29.6 Å². The largest absolute Gasteiger partial charge is 0.390 e. The molecule has 1 amide bonds. The highest BCUT2D eigenvalue weighted by Crippen LogP contribution is 2.31. The maximum Gasteiger partial charge on any atom is 0.390 e. The summed E-state index contributed by atoms with van der Waals surface area (Å²) >= 11 is 0. The van der Waals surface area contributed by atoms with E-state index in [1.54, 1.807) is 22.7 Å². The third-order valence-corrected chi connectivity index (χ3v) is 3.67. The SMILES string of the molecule is O=C(c1ccc2nncn2c1)N(CCC(F)(F)F)CC1CC1. The van der Waals surface area contributed by atoms with E-state index in [1.165, 1.54) is 11.2 Å². The molecule has 1 aliphatic carbocycles. The highest BCUT2D eigenvalue weighted by atomic mass is 19.4. The Morgan fingerprint density at radius 1 is 1.36 bits per heavy atom. The fraction of sp³-hybridized carbons (Fsp3) is 0.500. The van der Waals surface area contributed by atoms with Crippen LogP contribution < -0.4 is 0 Å². The molecule has 0 aromatic carbocycles. The molecule has 0 spiro atoms. The van der Waals surface area contributed by atoms with Crippen molar-refractivity contribution >= 4 is 11.6 Å². The minimum atomic E-state index is -4.26. The summed E-state index contributed by atoms with van der Waals surface area (Å²) in [6.45, 7) is 0.0776. The predicted molar refractivity (Wildman–Crippen MR) is 72.3 cm³/mol. The molecule has 0 unspecified atom stereocenters. The molecule has 0 radical (unpaired) electrons. The lowest BCUT2D eigenvalue weighted by Crippen LogP contribution is -2.36. The molecule has 0 N–H and O–H groups in total. The number of halogens is 3. The van der Waals surface area contributed by atoms with Gasteiger partial charge in [0.05, 0.1) is 12.0 Å². The smallest absolute Gasteiger partial charge is 0.338 e. The molecule has 2 heterocycles. The second kappa shape index (κ2) is 5.58. The molecule has 0 saturated heterocycles. The summed E-state index contributed by atoms with van der Waals surface area (Å²) < 4.78 is 38.9. The van der Waals surface area contributed by atoms with Crippen LogP contribution in [0, 0.1) is 5.92 Å². The van der Waals surface area contributed by atoms with Crippen molar-refractivity contribution in [1.82, 2.24) is 19.5 Å². The van der Waals surface area contributed by atoms with E-state index in [9.17, 15) is 18.0 Å². The fourth-order valence-corrected chi connectivity index (χ4v) is 2.29. The van der Waals surface area contributed by atoms with Crippen LogP contribution in [0.2, 0.25) is 0 Å². The molecule has 1 saturated carbocycles. The second-order valence-corrected chi connectivity index (χ2v) is 5.57. The highest BCUT2D eigenvalue weighted by molar-refractivity contribution is 5.94. The molecule has 3 rings (SSSR count). The maximum absolute atomic E-state index is 12.5. The molecule has 8 heteroatoms. The summed E-state index contributed by atoms with van der Waals surface area (Å²) in [5.41, 5.74) is 0.927. The van der Waals surface area contributed by atoms with E-state index in [0.717, 1.165) is 12.8 Å². The van der Waals surface area contributed by atoms with Crippen molar-refractivity contribution in [3.05, 3.63) is 30.2 Å². The quantitative estimate of drug-likeness (QED) is 0.852. The predicted octanol–water partition coefficient (Wildman–Crippen LogP) is 2.53. The van der Waals surface area contributed by atoms with E-state index in [4.69, 9.17) is 0 Å². The van der Waals surface area contributed by atoms with Crippen molar-refractivity contribution in [3.8, 4) is 0 Å². The van der Waals surface area contributed by atoms with E-state index >= 15 is 0 Å². The van der Waals surface area contributed by atoms with E-state index in [2.05, 4.69) is 10.2 Å². The lowest BCUT2D eigenvalue weighted by atomic mass is 10.2. The van der Waals surface area contributed by atoms with Gasteiger partial charge in [-0.1, -0.05) is 0 Å². The first-order valence-electron chi connectivity index (χ1n) is 7.08. The number of alkyl halides is 3. The minimum Gasteiger partial charge on any atom is -0.338 e. The molecule has 0 bridgehead atoms. The van der Waals surface area contributed by atoms with Crippen LogP contribution in [0.15, 0.2) is 24.7 Å². The first kappa shape index (κ1) is 14.8. The number of aromatic nitrogens is 3. The Balaban J connectivity index is 1.77. The van der Waals surface area contributed by atoms with E-state index in [-0.39, 0.29) is 12.5 Å². The van der Waals surface area contributed by atoms with Gasteiger partial charge in [0.25, 0.3) is 5.91 Å². The Labute approximate surface area is 124 Å². The number of carbonyl (C=O) groups is 1. The number of amides is 1. The van der Waals surface area contributed by atoms with Gasteiger partial charge in [-0.15, -0.1) is 10.2 Å². The van der Waals surface area contributed by atoms with Crippen LogP contribution in [0.5, 0.6) is 0 Å². The molecule has 118 valence electrons. The number of hydrogen-bond donors (Lipinski definition) is 0. The minimum absolute atomic E-state index is 0.306. The fourth-order valence-electron chi connectivity index (χ4n) is 2.29. The molecule has 5 nitrogen and oxygen atoms in total. The monoisotopic (exact) mass is 312 g/mol. The highest BCUT2D eigenvalue weighted by Gasteiger charge is 2.32. The average molecular weight is 312 g/mol. The van der Waals surface area contributed by atoms with Crippen molar-refractivity contribution in [3.63, 3.8) is 0 Å². The van der Waals surface area contributed by atoms with Crippen LogP contribution >= 0.6 is 0 Å². The normalized spacial score (nSPS) is 15.2. The Morgan fingerprint density at radius 3 is 2.82 bits per heavy atom. The van der Waals surface area contributed by atoms with Crippen molar-refractivity contribution in [1.29, 1.82) is 0 Å². The van der Waals surface area contributed by atoms with Gasteiger partial charge in [0.15, 0.2) is 5.65 Å². The lowest BCUT2D eigenvalue weighted by Gasteiger charge is -2.23. The molecule has 0 aliphatic heterocycles. The molecule has 1 fully saturated rings. The Morgan fingerprint density at radius 2 is 2.14 bits per heavy atom. The Kier molecular flexibility index (Phi) is 3.76. The van der Waals surface area contributed by atoms with Gasteiger partial charge < -0.3 is 4.90 Å². The third kappa shape index (κ3) is 3.55. The number of fused-ring (bicyclic) bond motifs is 1.